The molecule has 0 unspecified atom stereocenters. The summed E-state index contributed by atoms with van der Waals surface area (Å²) in [5.74, 6) is -0.254. The molecule has 0 saturated heterocycles. The van der Waals surface area contributed by atoms with Crippen LogP contribution in [0.4, 0.5) is 0 Å². The number of nitrogens with zero attached hydrogens (tertiary/aromatic N) is 1. The first-order valence-electron chi connectivity index (χ1n) is 7.21. The van der Waals surface area contributed by atoms with Gasteiger partial charge in [-0.15, -0.1) is 0 Å². The number of amides is 1. The summed E-state index contributed by atoms with van der Waals surface area (Å²) in [6.45, 7) is 5.97. The number of rotatable bonds is 6. The summed E-state index contributed by atoms with van der Waals surface area (Å²) < 4.78 is 24.7. The molecule has 1 aliphatic carbocycles. The van der Waals surface area contributed by atoms with Crippen LogP contribution in [0.25, 0.3) is 0 Å². The average Bonchev–Trinajstić information content (AvgIpc) is 3.05. The van der Waals surface area contributed by atoms with Gasteiger partial charge in [0.2, 0.25) is 10.0 Å². The van der Waals surface area contributed by atoms with E-state index in [1.807, 2.05) is 13.8 Å². The summed E-state index contributed by atoms with van der Waals surface area (Å²) in [5.41, 5.74) is 0.0392. The molecule has 1 aromatic rings. The van der Waals surface area contributed by atoms with E-state index in [2.05, 4.69) is 12.2 Å². The number of nitrogens with two attached hydrogens (primary N) is 1. The molecule has 21 heavy (non-hydrogen) atoms. The number of sulfonamides is 1. The topological polar surface area (TPSA) is 94.2 Å². The SMILES string of the molecule is CCCC(C)(C)NC(=O)c1cc(S(N)(=O)=O)cn1C1CC1. The van der Waals surface area contributed by atoms with Gasteiger partial charge in [-0.3, -0.25) is 4.79 Å². The van der Waals surface area contributed by atoms with Crippen molar-refractivity contribution in [2.75, 3.05) is 0 Å². The average molecular weight is 313 g/mol. The van der Waals surface area contributed by atoms with E-state index in [0.717, 1.165) is 25.7 Å². The van der Waals surface area contributed by atoms with Gasteiger partial charge in [0, 0.05) is 17.8 Å². The van der Waals surface area contributed by atoms with Gasteiger partial charge >= 0.3 is 0 Å². The normalized spacial score (nSPS) is 16.0. The molecule has 1 saturated carbocycles. The van der Waals surface area contributed by atoms with Crippen molar-refractivity contribution in [3.05, 3.63) is 18.0 Å². The third-order valence-electron chi connectivity index (χ3n) is 3.65. The highest BCUT2D eigenvalue weighted by Gasteiger charge is 2.31. The minimum atomic E-state index is -3.80. The van der Waals surface area contributed by atoms with Crippen LogP contribution >= 0.6 is 0 Å². The zero-order valence-corrected chi connectivity index (χ0v) is 13.5. The second-order valence-corrected chi connectivity index (χ2v) is 7.89. The highest BCUT2D eigenvalue weighted by Crippen LogP contribution is 2.37. The van der Waals surface area contributed by atoms with Gasteiger partial charge in [0.05, 0.1) is 0 Å². The lowest BCUT2D eigenvalue weighted by Crippen LogP contribution is -2.43. The first-order chi connectivity index (χ1) is 9.64. The predicted octanol–water partition coefficient (Wildman–Crippen LogP) is 1.78. The number of aromatic nitrogens is 1. The van der Waals surface area contributed by atoms with E-state index >= 15 is 0 Å². The number of nitrogens with one attached hydrogen (secondary N) is 1. The van der Waals surface area contributed by atoms with E-state index in [0.29, 0.717) is 5.69 Å². The van der Waals surface area contributed by atoms with Crippen molar-refractivity contribution in [1.82, 2.24) is 9.88 Å². The van der Waals surface area contributed by atoms with Crippen molar-refractivity contribution in [3.63, 3.8) is 0 Å². The van der Waals surface area contributed by atoms with Crippen molar-refractivity contribution in [3.8, 4) is 0 Å². The maximum atomic E-state index is 12.5. The van der Waals surface area contributed by atoms with Crippen molar-refractivity contribution in [2.45, 2.75) is 62.9 Å². The van der Waals surface area contributed by atoms with Crippen LogP contribution in [0.2, 0.25) is 0 Å². The molecule has 0 spiro atoms. The first kappa shape index (κ1) is 16.0. The molecule has 3 N–H and O–H groups in total. The van der Waals surface area contributed by atoms with Crippen LogP contribution in [-0.2, 0) is 10.0 Å². The van der Waals surface area contributed by atoms with Crippen molar-refractivity contribution < 1.29 is 13.2 Å². The monoisotopic (exact) mass is 313 g/mol. The van der Waals surface area contributed by atoms with Gasteiger partial charge in [-0.25, -0.2) is 13.6 Å². The van der Waals surface area contributed by atoms with E-state index in [-0.39, 0.29) is 22.4 Å². The first-order valence-corrected chi connectivity index (χ1v) is 8.76. The third-order valence-corrected chi connectivity index (χ3v) is 4.53. The summed E-state index contributed by atoms with van der Waals surface area (Å²) in [6, 6.07) is 1.57. The maximum absolute atomic E-state index is 12.5. The Hall–Kier alpha value is -1.34. The van der Waals surface area contributed by atoms with Crippen molar-refractivity contribution >= 4 is 15.9 Å². The zero-order valence-electron chi connectivity index (χ0n) is 12.7. The fourth-order valence-corrected chi connectivity index (χ4v) is 3.04. The van der Waals surface area contributed by atoms with Crippen molar-refractivity contribution in [1.29, 1.82) is 0 Å². The van der Waals surface area contributed by atoms with E-state index in [4.69, 9.17) is 5.14 Å². The lowest BCUT2D eigenvalue weighted by molar-refractivity contribution is 0.0899. The van der Waals surface area contributed by atoms with Gasteiger partial charge in [0.25, 0.3) is 5.91 Å². The molecular weight excluding hydrogens is 290 g/mol. The Balaban J connectivity index is 2.30. The molecular formula is C14H23N3O3S. The van der Waals surface area contributed by atoms with Crippen LogP contribution in [-0.4, -0.2) is 24.4 Å². The van der Waals surface area contributed by atoms with Gasteiger partial charge in [0.15, 0.2) is 0 Å². The quantitative estimate of drug-likeness (QED) is 0.838. The summed E-state index contributed by atoms with van der Waals surface area (Å²) in [7, 11) is -3.80. The number of primary sulfonamides is 1. The molecule has 7 heteroatoms. The van der Waals surface area contributed by atoms with Gasteiger partial charge < -0.3 is 9.88 Å². The molecule has 0 radical (unpaired) electrons. The molecule has 1 aliphatic rings. The zero-order chi connectivity index (χ0) is 15.8. The minimum absolute atomic E-state index is 0.00662. The molecule has 6 nitrogen and oxygen atoms in total. The Morgan fingerprint density at radius 3 is 2.57 bits per heavy atom. The highest BCUT2D eigenvalue weighted by molar-refractivity contribution is 7.89. The smallest absolute Gasteiger partial charge is 0.268 e. The summed E-state index contributed by atoms with van der Waals surface area (Å²) in [5, 5.41) is 8.13. The largest absolute Gasteiger partial charge is 0.346 e. The van der Waals surface area contributed by atoms with Crippen LogP contribution in [0.3, 0.4) is 0 Å². The predicted molar refractivity (Wildman–Crippen MR) is 80.5 cm³/mol. The molecule has 1 amide bonds. The number of carbonyl (C=O) groups is 1. The highest BCUT2D eigenvalue weighted by atomic mass is 32.2. The molecule has 0 bridgehead atoms. The molecule has 1 fully saturated rings. The Morgan fingerprint density at radius 1 is 1.48 bits per heavy atom. The van der Waals surface area contributed by atoms with E-state index < -0.39 is 10.0 Å². The maximum Gasteiger partial charge on any atom is 0.268 e. The lowest BCUT2D eigenvalue weighted by Gasteiger charge is -2.26. The van der Waals surface area contributed by atoms with Gasteiger partial charge in [-0.1, -0.05) is 13.3 Å². The van der Waals surface area contributed by atoms with Crippen LogP contribution in [0.5, 0.6) is 0 Å². The van der Waals surface area contributed by atoms with Crippen LogP contribution in [0.1, 0.15) is 63.0 Å². The molecule has 0 aliphatic heterocycles. The molecule has 0 atom stereocenters. The number of hydrogen-bond acceptors (Lipinski definition) is 3. The minimum Gasteiger partial charge on any atom is -0.346 e. The van der Waals surface area contributed by atoms with Crippen LogP contribution in [0, 0.1) is 0 Å². The number of carbonyl (C=O) groups excluding carboxylic acids is 1. The fraction of sp³-hybridized carbons (Fsp3) is 0.643. The summed E-state index contributed by atoms with van der Waals surface area (Å²) in [4.78, 5) is 12.5. The van der Waals surface area contributed by atoms with Crippen molar-refractivity contribution in [2.24, 2.45) is 5.14 Å². The Kier molecular flexibility index (Phi) is 4.17. The lowest BCUT2D eigenvalue weighted by atomic mass is 9.99. The van der Waals surface area contributed by atoms with Crippen LogP contribution < -0.4 is 10.5 Å². The van der Waals surface area contributed by atoms with E-state index in [9.17, 15) is 13.2 Å². The Morgan fingerprint density at radius 2 is 2.10 bits per heavy atom. The summed E-state index contributed by atoms with van der Waals surface area (Å²) >= 11 is 0. The van der Waals surface area contributed by atoms with Crippen LogP contribution in [0.15, 0.2) is 17.2 Å². The Labute approximate surface area is 125 Å². The molecule has 118 valence electrons. The number of hydrogen-bond donors (Lipinski definition) is 2. The van der Waals surface area contributed by atoms with E-state index in [1.165, 1.54) is 12.3 Å². The molecule has 1 heterocycles. The second kappa shape index (κ2) is 5.46. The standard InChI is InChI=1S/C14H23N3O3S/c1-4-7-14(2,3)16-13(18)12-8-11(21(15,19)20)9-17(12)10-5-6-10/h8-10H,4-7H2,1-3H3,(H,16,18)(H2,15,19,20). The molecule has 0 aromatic carbocycles. The van der Waals surface area contributed by atoms with Gasteiger partial charge in [-0.05, 0) is 39.2 Å². The van der Waals surface area contributed by atoms with Gasteiger partial charge in [-0.2, -0.15) is 0 Å². The molecule has 1 aromatic heterocycles. The van der Waals surface area contributed by atoms with E-state index in [1.54, 1.807) is 4.57 Å². The summed E-state index contributed by atoms with van der Waals surface area (Å²) in [6.07, 6.45) is 5.19. The Bertz CT molecular complexity index is 642. The second-order valence-electron chi connectivity index (χ2n) is 6.33. The fourth-order valence-electron chi connectivity index (χ4n) is 2.51. The third kappa shape index (κ3) is 3.85. The van der Waals surface area contributed by atoms with Gasteiger partial charge in [0.1, 0.15) is 10.6 Å². The molecule has 2 rings (SSSR count).